The average Bonchev–Trinajstić information content (AvgIpc) is 2.79. The molecule has 2 fully saturated rings. The predicted molar refractivity (Wildman–Crippen MR) is 142 cm³/mol. The minimum atomic E-state index is 0. The number of likely N-dealkylation sites (tertiary alicyclic amines) is 1. The van der Waals surface area contributed by atoms with Crippen LogP contribution in [0.15, 0.2) is 29.3 Å². The van der Waals surface area contributed by atoms with Gasteiger partial charge in [-0.05, 0) is 44.0 Å². The van der Waals surface area contributed by atoms with Gasteiger partial charge in [0.1, 0.15) is 0 Å². The zero-order chi connectivity index (χ0) is 21.2. The van der Waals surface area contributed by atoms with Gasteiger partial charge in [-0.1, -0.05) is 37.6 Å². The fourth-order valence-electron chi connectivity index (χ4n) is 4.57. The summed E-state index contributed by atoms with van der Waals surface area (Å²) in [7, 11) is 4.06. The van der Waals surface area contributed by atoms with Crippen LogP contribution in [0.25, 0.3) is 0 Å². The lowest BCUT2D eigenvalue weighted by Crippen LogP contribution is -2.45. The monoisotopic (exact) mass is 542 g/mol. The number of halogens is 1. The molecule has 176 valence electrons. The molecule has 0 aliphatic carbocycles. The van der Waals surface area contributed by atoms with Crippen LogP contribution in [-0.4, -0.2) is 86.6 Å². The molecule has 6 nitrogen and oxygen atoms in total. The van der Waals surface area contributed by atoms with Crippen LogP contribution in [0.3, 0.4) is 0 Å². The van der Waals surface area contributed by atoms with Crippen molar-refractivity contribution in [1.82, 2.24) is 25.3 Å². The van der Waals surface area contributed by atoms with E-state index >= 15 is 0 Å². The first-order valence-corrected chi connectivity index (χ1v) is 11.8. The molecule has 1 aromatic carbocycles. The molecule has 1 atom stereocenters. The number of rotatable bonds is 8. The summed E-state index contributed by atoms with van der Waals surface area (Å²) in [5, 5.41) is 6.95. The van der Waals surface area contributed by atoms with Crippen molar-refractivity contribution >= 4 is 29.9 Å². The van der Waals surface area contributed by atoms with Crippen molar-refractivity contribution in [2.75, 3.05) is 59.9 Å². The Bertz CT molecular complexity index is 642. The number of benzene rings is 1. The standard InChI is InChI=1S/C24H42N6.HI/c1-4-23-7-5-6-13-30(23)14-12-26-24(25-2)27-19-21-8-10-22(11-9-21)20-29-17-15-28(3)16-18-29;/h8-11,23H,4-7,12-20H2,1-3H3,(H2,25,26,27);1H. The third-order valence-electron chi connectivity index (χ3n) is 6.62. The van der Waals surface area contributed by atoms with Gasteiger partial charge < -0.3 is 15.5 Å². The first-order chi connectivity index (χ1) is 14.7. The highest BCUT2D eigenvalue weighted by Crippen LogP contribution is 2.18. The summed E-state index contributed by atoms with van der Waals surface area (Å²) in [4.78, 5) is 12.0. The molecule has 2 aliphatic rings. The number of aliphatic imine (C=N–C) groups is 1. The smallest absolute Gasteiger partial charge is 0.191 e. The van der Waals surface area contributed by atoms with Crippen LogP contribution in [0.2, 0.25) is 0 Å². The van der Waals surface area contributed by atoms with Crippen molar-refractivity contribution < 1.29 is 0 Å². The fourth-order valence-corrected chi connectivity index (χ4v) is 4.57. The molecule has 31 heavy (non-hydrogen) atoms. The molecular weight excluding hydrogens is 499 g/mol. The van der Waals surface area contributed by atoms with Crippen LogP contribution in [0, 0.1) is 0 Å². The van der Waals surface area contributed by atoms with Gasteiger partial charge in [0.25, 0.3) is 0 Å². The minimum Gasteiger partial charge on any atom is -0.355 e. The second-order valence-electron chi connectivity index (χ2n) is 8.84. The van der Waals surface area contributed by atoms with Gasteiger partial charge in [-0.3, -0.25) is 14.8 Å². The van der Waals surface area contributed by atoms with Crippen molar-refractivity contribution in [3.8, 4) is 0 Å². The Kier molecular flexibility index (Phi) is 12.1. The summed E-state index contributed by atoms with van der Waals surface area (Å²) < 4.78 is 0. The molecule has 3 rings (SSSR count). The maximum Gasteiger partial charge on any atom is 0.191 e. The summed E-state index contributed by atoms with van der Waals surface area (Å²) in [6.45, 7) is 12.1. The van der Waals surface area contributed by atoms with Gasteiger partial charge in [-0.25, -0.2) is 0 Å². The lowest BCUT2D eigenvalue weighted by molar-refractivity contribution is 0.147. The van der Waals surface area contributed by atoms with Crippen molar-refractivity contribution in [2.24, 2.45) is 4.99 Å². The summed E-state index contributed by atoms with van der Waals surface area (Å²) in [5.74, 6) is 0.890. The molecule has 2 saturated heterocycles. The van der Waals surface area contributed by atoms with Crippen LogP contribution >= 0.6 is 24.0 Å². The van der Waals surface area contributed by atoms with E-state index in [0.29, 0.717) is 0 Å². The van der Waals surface area contributed by atoms with Crippen LogP contribution in [0.1, 0.15) is 43.7 Å². The molecule has 0 saturated carbocycles. The third-order valence-corrected chi connectivity index (χ3v) is 6.62. The van der Waals surface area contributed by atoms with Crippen molar-refractivity contribution in [3.63, 3.8) is 0 Å². The maximum absolute atomic E-state index is 4.39. The van der Waals surface area contributed by atoms with Crippen LogP contribution in [0.4, 0.5) is 0 Å². The molecule has 7 heteroatoms. The average molecular weight is 543 g/mol. The van der Waals surface area contributed by atoms with Gasteiger partial charge in [0.15, 0.2) is 5.96 Å². The Morgan fingerprint density at radius 1 is 1.00 bits per heavy atom. The summed E-state index contributed by atoms with van der Waals surface area (Å²) in [6, 6.07) is 9.79. The SMILES string of the molecule is CCC1CCCCN1CCNC(=NC)NCc1ccc(CN2CCN(C)CC2)cc1.I. The van der Waals surface area contributed by atoms with Crippen molar-refractivity contribution in [3.05, 3.63) is 35.4 Å². The summed E-state index contributed by atoms with van der Waals surface area (Å²) >= 11 is 0. The molecule has 0 amide bonds. The Morgan fingerprint density at radius 3 is 2.39 bits per heavy atom. The van der Waals surface area contributed by atoms with Crippen LogP contribution < -0.4 is 10.6 Å². The molecule has 1 aromatic rings. The van der Waals surface area contributed by atoms with E-state index in [1.165, 1.54) is 56.4 Å². The third kappa shape index (κ3) is 8.86. The molecule has 0 bridgehead atoms. The molecule has 0 spiro atoms. The van der Waals surface area contributed by atoms with Crippen LogP contribution in [0.5, 0.6) is 0 Å². The van der Waals surface area contributed by atoms with E-state index in [2.05, 4.69) is 68.6 Å². The lowest BCUT2D eigenvalue weighted by Gasteiger charge is -2.35. The number of piperazine rings is 1. The molecule has 0 aromatic heterocycles. The van der Waals surface area contributed by atoms with Gasteiger partial charge in [0, 0.05) is 65.4 Å². The highest BCUT2D eigenvalue weighted by atomic mass is 127. The second-order valence-corrected chi connectivity index (χ2v) is 8.84. The Balaban J connectivity index is 0.00000341. The predicted octanol–water partition coefficient (Wildman–Crippen LogP) is 2.98. The minimum absolute atomic E-state index is 0. The van der Waals surface area contributed by atoms with E-state index < -0.39 is 0 Å². The number of likely N-dealkylation sites (N-methyl/N-ethyl adjacent to an activating group) is 1. The topological polar surface area (TPSA) is 46.1 Å². The molecule has 0 radical (unpaired) electrons. The zero-order valence-electron chi connectivity index (χ0n) is 19.8. The Morgan fingerprint density at radius 2 is 1.71 bits per heavy atom. The van der Waals surface area contributed by atoms with Gasteiger partial charge in [-0.15, -0.1) is 24.0 Å². The number of guanidine groups is 1. The lowest BCUT2D eigenvalue weighted by atomic mass is 10.0. The highest BCUT2D eigenvalue weighted by Gasteiger charge is 2.20. The van der Waals surface area contributed by atoms with Crippen molar-refractivity contribution in [1.29, 1.82) is 0 Å². The largest absolute Gasteiger partial charge is 0.355 e. The molecular formula is C24H43IN6. The highest BCUT2D eigenvalue weighted by molar-refractivity contribution is 14.0. The number of hydrogen-bond donors (Lipinski definition) is 2. The fraction of sp³-hybridized carbons (Fsp3) is 0.708. The van der Waals surface area contributed by atoms with E-state index in [4.69, 9.17) is 0 Å². The molecule has 2 aliphatic heterocycles. The van der Waals surface area contributed by atoms with Gasteiger partial charge in [0.05, 0.1) is 0 Å². The van der Waals surface area contributed by atoms with E-state index in [-0.39, 0.29) is 24.0 Å². The van der Waals surface area contributed by atoms with E-state index in [1.54, 1.807) is 0 Å². The van der Waals surface area contributed by atoms with E-state index in [1.807, 2.05) is 7.05 Å². The number of nitrogens with zero attached hydrogens (tertiary/aromatic N) is 4. The molecule has 2 heterocycles. The second kappa shape index (κ2) is 14.3. The Labute approximate surface area is 206 Å². The quantitative estimate of drug-likeness (QED) is 0.301. The summed E-state index contributed by atoms with van der Waals surface area (Å²) in [6.07, 6.45) is 5.35. The van der Waals surface area contributed by atoms with E-state index in [0.717, 1.165) is 51.3 Å². The molecule has 2 N–H and O–H groups in total. The van der Waals surface area contributed by atoms with Gasteiger partial charge >= 0.3 is 0 Å². The first-order valence-electron chi connectivity index (χ1n) is 11.8. The van der Waals surface area contributed by atoms with Gasteiger partial charge in [0.2, 0.25) is 0 Å². The first kappa shape index (κ1) is 26.4. The number of hydrogen-bond acceptors (Lipinski definition) is 4. The maximum atomic E-state index is 4.39. The van der Waals surface area contributed by atoms with Crippen molar-refractivity contribution in [2.45, 2.75) is 51.7 Å². The van der Waals surface area contributed by atoms with Gasteiger partial charge in [-0.2, -0.15) is 0 Å². The number of piperidine rings is 1. The molecule has 1 unspecified atom stereocenters. The summed E-state index contributed by atoms with van der Waals surface area (Å²) in [5.41, 5.74) is 2.69. The van der Waals surface area contributed by atoms with E-state index in [9.17, 15) is 0 Å². The normalized spacial score (nSPS) is 21.5. The van der Waals surface area contributed by atoms with Crippen LogP contribution in [-0.2, 0) is 13.1 Å². The Hall–Kier alpha value is -0.900. The zero-order valence-corrected chi connectivity index (χ0v) is 22.1. The number of nitrogens with one attached hydrogen (secondary N) is 2.